The van der Waals surface area contributed by atoms with E-state index < -0.39 is 15.9 Å². The van der Waals surface area contributed by atoms with Gasteiger partial charge < -0.3 is 10.1 Å². The lowest BCUT2D eigenvalue weighted by atomic mass is 10.2. The van der Waals surface area contributed by atoms with E-state index in [1.165, 1.54) is 7.11 Å². The molecule has 0 fully saturated rings. The summed E-state index contributed by atoms with van der Waals surface area (Å²) in [4.78, 5) is 12.6. The van der Waals surface area contributed by atoms with Crippen molar-refractivity contribution < 1.29 is 17.9 Å². The van der Waals surface area contributed by atoms with Gasteiger partial charge in [0.05, 0.1) is 25.2 Å². The summed E-state index contributed by atoms with van der Waals surface area (Å²) in [6, 6.07) is 16.2. The molecule has 1 heterocycles. The van der Waals surface area contributed by atoms with E-state index in [0.717, 1.165) is 17.5 Å². The first kappa shape index (κ1) is 19.4. The first-order chi connectivity index (χ1) is 13.4. The summed E-state index contributed by atoms with van der Waals surface area (Å²) >= 11 is 0. The predicted octanol–water partition coefficient (Wildman–Crippen LogP) is 2.18. The molecule has 1 aromatic heterocycles. The minimum Gasteiger partial charge on any atom is -0.493 e. The van der Waals surface area contributed by atoms with Crippen molar-refractivity contribution in [3.05, 3.63) is 72.1 Å². The SMILES string of the molecule is COc1cn(-c2ccccc2)nc1C(=O)NCc1cccc(NS(C)(=O)=O)c1. The number of hydrogen-bond donors (Lipinski definition) is 2. The Kier molecular flexibility index (Phi) is 5.65. The van der Waals surface area contributed by atoms with Crippen molar-refractivity contribution in [1.29, 1.82) is 0 Å². The summed E-state index contributed by atoms with van der Waals surface area (Å²) in [5, 5.41) is 7.09. The number of benzene rings is 2. The predicted molar refractivity (Wildman–Crippen MR) is 106 cm³/mol. The zero-order chi connectivity index (χ0) is 20.1. The van der Waals surface area contributed by atoms with Crippen LogP contribution in [-0.2, 0) is 16.6 Å². The second kappa shape index (κ2) is 8.13. The van der Waals surface area contributed by atoms with E-state index in [1.807, 2.05) is 30.3 Å². The number of methoxy groups -OCH3 is 1. The lowest BCUT2D eigenvalue weighted by molar-refractivity contribution is 0.0942. The highest BCUT2D eigenvalue weighted by atomic mass is 32.2. The van der Waals surface area contributed by atoms with Gasteiger partial charge in [-0.25, -0.2) is 13.1 Å². The molecule has 146 valence electrons. The molecule has 0 saturated carbocycles. The van der Waals surface area contributed by atoms with Gasteiger partial charge in [0.25, 0.3) is 5.91 Å². The Morgan fingerprint density at radius 3 is 2.57 bits per heavy atom. The number of nitrogens with one attached hydrogen (secondary N) is 2. The summed E-state index contributed by atoms with van der Waals surface area (Å²) < 4.78 is 31.9. The van der Waals surface area contributed by atoms with Crippen LogP contribution < -0.4 is 14.8 Å². The molecule has 9 heteroatoms. The maximum absolute atomic E-state index is 12.6. The second-order valence-electron chi connectivity index (χ2n) is 6.08. The zero-order valence-electron chi connectivity index (χ0n) is 15.4. The Bertz CT molecular complexity index is 1080. The number of sulfonamides is 1. The first-order valence-electron chi connectivity index (χ1n) is 8.40. The van der Waals surface area contributed by atoms with Gasteiger partial charge in [0.15, 0.2) is 11.4 Å². The van der Waals surface area contributed by atoms with Gasteiger partial charge in [-0.3, -0.25) is 9.52 Å². The van der Waals surface area contributed by atoms with Crippen molar-refractivity contribution in [3.63, 3.8) is 0 Å². The Labute approximate surface area is 163 Å². The van der Waals surface area contributed by atoms with Crippen LogP contribution in [0, 0.1) is 0 Å². The number of hydrogen-bond acceptors (Lipinski definition) is 5. The minimum absolute atomic E-state index is 0.164. The molecule has 0 unspecified atom stereocenters. The molecule has 0 bridgehead atoms. The molecule has 0 spiro atoms. The van der Waals surface area contributed by atoms with Crippen LogP contribution in [0.3, 0.4) is 0 Å². The van der Waals surface area contributed by atoms with E-state index in [0.29, 0.717) is 11.4 Å². The van der Waals surface area contributed by atoms with Gasteiger partial charge in [-0.05, 0) is 29.8 Å². The summed E-state index contributed by atoms with van der Waals surface area (Å²) in [5.41, 5.74) is 2.14. The molecule has 3 aromatic rings. The van der Waals surface area contributed by atoms with E-state index in [-0.39, 0.29) is 12.2 Å². The normalized spacial score (nSPS) is 11.1. The number of rotatable bonds is 7. The number of anilines is 1. The van der Waals surface area contributed by atoms with Crippen LogP contribution in [0.2, 0.25) is 0 Å². The van der Waals surface area contributed by atoms with Crippen molar-refractivity contribution >= 4 is 21.6 Å². The van der Waals surface area contributed by atoms with Crippen molar-refractivity contribution in [2.75, 3.05) is 18.1 Å². The van der Waals surface area contributed by atoms with Gasteiger partial charge in [-0.2, -0.15) is 5.10 Å². The van der Waals surface area contributed by atoms with E-state index >= 15 is 0 Å². The fourth-order valence-electron chi connectivity index (χ4n) is 2.60. The highest BCUT2D eigenvalue weighted by Crippen LogP contribution is 2.19. The Hall–Kier alpha value is -3.33. The molecule has 3 rings (SSSR count). The second-order valence-corrected chi connectivity index (χ2v) is 7.83. The van der Waals surface area contributed by atoms with E-state index in [1.54, 1.807) is 35.1 Å². The number of nitrogens with zero attached hydrogens (tertiary/aromatic N) is 2. The molecule has 1 amide bonds. The van der Waals surface area contributed by atoms with Gasteiger partial charge in [0.2, 0.25) is 10.0 Å². The average Bonchev–Trinajstić information content (AvgIpc) is 3.10. The van der Waals surface area contributed by atoms with Crippen molar-refractivity contribution in [1.82, 2.24) is 15.1 Å². The highest BCUT2D eigenvalue weighted by molar-refractivity contribution is 7.92. The summed E-state index contributed by atoms with van der Waals surface area (Å²) in [7, 11) is -1.89. The molecule has 2 aromatic carbocycles. The number of carbonyl (C=O) groups excluding carboxylic acids is 1. The van der Waals surface area contributed by atoms with Gasteiger partial charge >= 0.3 is 0 Å². The van der Waals surface area contributed by atoms with Crippen molar-refractivity contribution in [3.8, 4) is 11.4 Å². The summed E-state index contributed by atoms with van der Waals surface area (Å²) in [6.07, 6.45) is 2.72. The molecule has 0 atom stereocenters. The van der Waals surface area contributed by atoms with Crippen molar-refractivity contribution in [2.45, 2.75) is 6.54 Å². The average molecular weight is 400 g/mol. The molecule has 0 aliphatic heterocycles. The lowest BCUT2D eigenvalue weighted by Crippen LogP contribution is -2.24. The Morgan fingerprint density at radius 1 is 1.14 bits per heavy atom. The molecule has 0 aliphatic carbocycles. The number of aromatic nitrogens is 2. The zero-order valence-corrected chi connectivity index (χ0v) is 16.2. The highest BCUT2D eigenvalue weighted by Gasteiger charge is 2.18. The molecule has 0 saturated heterocycles. The van der Waals surface area contributed by atoms with E-state index in [2.05, 4.69) is 15.1 Å². The van der Waals surface area contributed by atoms with Gasteiger partial charge in [-0.15, -0.1) is 0 Å². The third-order valence-electron chi connectivity index (χ3n) is 3.82. The monoisotopic (exact) mass is 400 g/mol. The standard InChI is InChI=1S/C19H20N4O4S/c1-27-17-13-23(16-9-4-3-5-10-16)21-18(17)19(24)20-12-14-7-6-8-15(11-14)22-28(2,25)26/h3-11,13,22H,12H2,1-2H3,(H,20,24). The van der Waals surface area contributed by atoms with Crippen LogP contribution in [0.5, 0.6) is 5.75 Å². The molecular weight excluding hydrogens is 380 g/mol. The molecule has 8 nitrogen and oxygen atoms in total. The fraction of sp³-hybridized carbons (Fsp3) is 0.158. The third-order valence-corrected chi connectivity index (χ3v) is 4.43. The lowest BCUT2D eigenvalue weighted by Gasteiger charge is -2.08. The maximum Gasteiger partial charge on any atom is 0.275 e. The van der Waals surface area contributed by atoms with Crippen LogP contribution in [0.15, 0.2) is 60.8 Å². The Balaban J connectivity index is 1.73. The van der Waals surface area contributed by atoms with Gasteiger partial charge in [0, 0.05) is 12.2 Å². The first-order valence-corrected chi connectivity index (χ1v) is 10.3. The smallest absolute Gasteiger partial charge is 0.275 e. The number of amides is 1. The minimum atomic E-state index is -3.37. The molecule has 0 radical (unpaired) electrons. The quantitative estimate of drug-likeness (QED) is 0.633. The largest absolute Gasteiger partial charge is 0.493 e. The molecule has 2 N–H and O–H groups in total. The Morgan fingerprint density at radius 2 is 1.89 bits per heavy atom. The van der Waals surface area contributed by atoms with E-state index in [9.17, 15) is 13.2 Å². The van der Waals surface area contributed by atoms with E-state index in [4.69, 9.17) is 4.74 Å². The summed E-state index contributed by atoms with van der Waals surface area (Å²) in [6.45, 7) is 0.208. The summed E-state index contributed by atoms with van der Waals surface area (Å²) in [5.74, 6) is -0.0400. The fourth-order valence-corrected chi connectivity index (χ4v) is 3.16. The van der Waals surface area contributed by atoms with Crippen LogP contribution in [0.25, 0.3) is 5.69 Å². The van der Waals surface area contributed by atoms with Gasteiger partial charge in [-0.1, -0.05) is 30.3 Å². The number of ether oxygens (including phenoxy) is 1. The van der Waals surface area contributed by atoms with Gasteiger partial charge in [0.1, 0.15) is 0 Å². The van der Waals surface area contributed by atoms with Crippen LogP contribution >= 0.6 is 0 Å². The van der Waals surface area contributed by atoms with Crippen molar-refractivity contribution in [2.24, 2.45) is 0 Å². The van der Waals surface area contributed by atoms with Crippen LogP contribution in [0.4, 0.5) is 5.69 Å². The molecule has 0 aliphatic rings. The van der Waals surface area contributed by atoms with Crippen LogP contribution in [-0.4, -0.2) is 37.5 Å². The maximum atomic E-state index is 12.6. The number of carbonyl (C=O) groups is 1. The number of para-hydroxylation sites is 1. The van der Waals surface area contributed by atoms with Crippen LogP contribution in [0.1, 0.15) is 16.1 Å². The third kappa shape index (κ3) is 4.89. The molecule has 28 heavy (non-hydrogen) atoms. The molecular formula is C19H20N4O4S. The topological polar surface area (TPSA) is 102 Å².